The van der Waals surface area contributed by atoms with Crippen molar-refractivity contribution < 1.29 is 9.59 Å². The van der Waals surface area contributed by atoms with Crippen molar-refractivity contribution in [3.8, 4) is 0 Å². The van der Waals surface area contributed by atoms with Crippen LogP contribution in [0, 0.1) is 0 Å². The van der Waals surface area contributed by atoms with Gasteiger partial charge in [-0.3, -0.25) is 4.79 Å². The number of rotatable bonds is 2. The highest BCUT2D eigenvalue weighted by Crippen LogP contribution is 2.29. The first kappa shape index (κ1) is 13.3. The smallest absolute Gasteiger partial charge is 0.329 e. The zero-order valence-corrected chi connectivity index (χ0v) is 11.4. The van der Waals surface area contributed by atoms with E-state index < -0.39 is 6.03 Å². The summed E-state index contributed by atoms with van der Waals surface area (Å²) in [6.45, 7) is 2.64. The lowest BCUT2D eigenvalue weighted by Gasteiger charge is -2.15. The summed E-state index contributed by atoms with van der Waals surface area (Å²) in [4.78, 5) is 31.0. The van der Waals surface area contributed by atoms with Crippen LogP contribution in [-0.4, -0.2) is 43.2 Å². The Kier molecular flexibility index (Phi) is 3.64. The van der Waals surface area contributed by atoms with Crippen LogP contribution in [0.2, 0.25) is 0 Å². The van der Waals surface area contributed by atoms with E-state index >= 15 is 0 Å². The topological polar surface area (TPSA) is 53.0 Å². The van der Waals surface area contributed by atoms with Gasteiger partial charge in [-0.25, -0.2) is 4.79 Å². The number of hydrogen-bond acceptors (Lipinski definition) is 2. The molecule has 0 aromatic heterocycles. The highest BCUT2D eigenvalue weighted by molar-refractivity contribution is 6.55. The summed E-state index contributed by atoms with van der Waals surface area (Å²) in [5.41, 5.74) is 1.80. The predicted molar refractivity (Wildman–Crippen MR) is 74.7 cm³/mol. The number of fused-ring (bicyclic) bond motifs is 1. The van der Waals surface area contributed by atoms with Gasteiger partial charge < -0.3 is 9.80 Å². The van der Waals surface area contributed by atoms with E-state index in [1.807, 2.05) is 31.2 Å². The van der Waals surface area contributed by atoms with Crippen molar-refractivity contribution >= 4 is 23.3 Å². The van der Waals surface area contributed by atoms with Crippen molar-refractivity contribution in [2.24, 2.45) is 4.99 Å². The maximum Gasteiger partial charge on any atom is 0.343 e. The molecule has 0 aliphatic carbocycles. The van der Waals surface area contributed by atoms with Crippen LogP contribution in [0.3, 0.4) is 0 Å². The number of para-hydroxylation sites is 1. The van der Waals surface area contributed by atoms with E-state index in [0.717, 1.165) is 17.7 Å². The Bertz CT molecular complexity index is 549. The van der Waals surface area contributed by atoms with Crippen LogP contribution < -0.4 is 4.90 Å². The molecule has 19 heavy (non-hydrogen) atoms. The first-order valence-electron chi connectivity index (χ1n) is 6.27. The molecule has 0 atom stereocenters. The van der Waals surface area contributed by atoms with Crippen molar-refractivity contribution in [2.45, 2.75) is 13.3 Å². The molecular formula is C14H17N3O2. The molecule has 3 amide bonds. The van der Waals surface area contributed by atoms with Gasteiger partial charge in [-0.15, -0.1) is 0 Å². The van der Waals surface area contributed by atoms with Gasteiger partial charge in [0.1, 0.15) is 5.71 Å². The third-order valence-corrected chi connectivity index (χ3v) is 2.93. The highest BCUT2D eigenvalue weighted by Gasteiger charge is 2.33. The van der Waals surface area contributed by atoms with Crippen molar-refractivity contribution in [3.05, 3.63) is 29.8 Å². The number of nitrogens with zero attached hydrogens (tertiary/aromatic N) is 3. The summed E-state index contributed by atoms with van der Waals surface area (Å²) in [7, 11) is 3.23. The second-order valence-electron chi connectivity index (χ2n) is 4.61. The third kappa shape index (κ3) is 2.36. The van der Waals surface area contributed by atoms with Crippen LogP contribution in [0.15, 0.2) is 29.3 Å². The Morgan fingerprint density at radius 3 is 2.63 bits per heavy atom. The summed E-state index contributed by atoms with van der Waals surface area (Å²) in [6, 6.07) is 7.01. The minimum atomic E-state index is -0.420. The molecule has 1 heterocycles. The fourth-order valence-electron chi connectivity index (χ4n) is 2.01. The minimum absolute atomic E-state index is 0.196. The Labute approximate surface area is 112 Å². The van der Waals surface area contributed by atoms with E-state index in [1.54, 1.807) is 19.0 Å². The SMILES string of the molecule is CCCN1C(=O)/C(=N\C(=O)N(C)C)c2ccccc21. The molecule has 0 saturated carbocycles. The maximum atomic E-state index is 12.3. The highest BCUT2D eigenvalue weighted by atomic mass is 16.2. The van der Waals surface area contributed by atoms with Crippen LogP contribution in [0.5, 0.6) is 0 Å². The van der Waals surface area contributed by atoms with Crippen molar-refractivity contribution in [1.82, 2.24) is 4.90 Å². The fraction of sp³-hybridized carbons (Fsp3) is 0.357. The lowest BCUT2D eigenvalue weighted by Crippen LogP contribution is -2.31. The molecule has 1 aliphatic rings. The van der Waals surface area contributed by atoms with Crippen LogP contribution in [-0.2, 0) is 4.79 Å². The summed E-state index contributed by atoms with van der Waals surface area (Å²) in [5, 5.41) is 0. The average Bonchev–Trinajstić information content (AvgIpc) is 2.65. The Balaban J connectivity index is 2.47. The summed E-state index contributed by atoms with van der Waals surface area (Å²) in [5.74, 6) is -0.196. The molecule has 0 saturated heterocycles. The van der Waals surface area contributed by atoms with Crippen LogP contribution in [0.1, 0.15) is 18.9 Å². The maximum absolute atomic E-state index is 12.3. The molecule has 0 fully saturated rings. The van der Waals surface area contributed by atoms with Gasteiger partial charge in [0.05, 0.1) is 5.69 Å². The zero-order chi connectivity index (χ0) is 14.0. The molecule has 1 aromatic rings. The van der Waals surface area contributed by atoms with Crippen molar-refractivity contribution in [2.75, 3.05) is 25.5 Å². The molecule has 5 nitrogen and oxygen atoms in total. The van der Waals surface area contributed by atoms with Gasteiger partial charge in [0, 0.05) is 26.2 Å². The van der Waals surface area contributed by atoms with Gasteiger partial charge in [-0.05, 0) is 12.5 Å². The van der Waals surface area contributed by atoms with E-state index in [9.17, 15) is 9.59 Å². The van der Waals surface area contributed by atoms with Gasteiger partial charge in [0.15, 0.2) is 0 Å². The lowest BCUT2D eigenvalue weighted by molar-refractivity contribution is -0.112. The number of anilines is 1. The predicted octanol–water partition coefficient (Wildman–Crippen LogP) is 1.91. The normalized spacial score (nSPS) is 15.8. The molecular weight excluding hydrogens is 242 g/mol. The van der Waals surface area contributed by atoms with Gasteiger partial charge in [0.25, 0.3) is 5.91 Å². The summed E-state index contributed by atoms with van der Waals surface area (Å²) < 4.78 is 0. The Morgan fingerprint density at radius 1 is 1.32 bits per heavy atom. The van der Waals surface area contributed by atoms with Gasteiger partial charge in [0.2, 0.25) is 0 Å². The molecule has 0 N–H and O–H groups in total. The molecule has 1 aliphatic heterocycles. The molecule has 0 bridgehead atoms. The minimum Gasteiger partial charge on any atom is -0.329 e. The lowest BCUT2D eigenvalue weighted by atomic mass is 10.1. The molecule has 2 rings (SSSR count). The number of carbonyl (C=O) groups excluding carboxylic acids is 2. The van der Waals surface area contributed by atoms with Crippen LogP contribution in [0.4, 0.5) is 10.5 Å². The third-order valence-electron chi connectivity index (χ3n) is 2.93. The first-order chi connectivity index (χ1) is 9.06. The molecule has 1 aromatic carbocycles. The van der Waals surface area contributed by atoms with Gasteiger partial charge in [-0.1, -0.05) is 25.1 Å². The van der Waals surface area contributed by atoms with Gasteiger partial charge in [-0.2, -0.15) is 4.99 Å². The van der Waals surface area contributed by atoms with Crippen molar-refractivity contribution in [1.29, 1.82) is 0 Å². The Hall–Kier alpha value is -2.17. The zero-order valence-electron chi connectivity index (χ0n) is 11.4. The number of benzene rings is 1. The molecule has 0 radical (unpaired) electrons. The van der Waals surface area contributed by atoms with Crippen molar-refractivity contribution in [3.63, 3.8) is 0 Å². The van der Waals surface area contributed by atoms with Crippen LogP contribution in [0.25, 0.3) is 0 Å². The monoisotopic (exact) mass is 259 g/mol. The second kappa shape index (κ2) is 5.22. The standard InChI is InChI=1S/C14H17N3O2/c1-4-9-17-11-8-6-5-7-10(11)12(13(17)18)15-14(19)16(2)3/h5-8H,4,9H2,1-3H3/b15-12-. The molecule has 0 spiro atoms. The average molecular weight is 259 g/mol. The summed E-state index contributed by atoms with van der Waals surface area (Å²) >= 11 is 0. The second-order valence-corrected chi connectivity index (χ2v) is 4.61. The van der Waals surface area contributed by atoms with E-state index in [0.29, 0.717) is 6.54 Å². The number of urea groups is 1. The number of carbonyl (C=O) groups is 2. The first-order valence-corrected chi connectivity index (χ1v) is 6.27. The van der Waals surface area contributed by atoms with E-state index in [4.69, 9.17) is 0 Å². The molecule has 0 unspecified atom stereocenters. The van der Waals surface area contributed by atoms with Gasteiger partial charge >= 0.3 is 6.03 Å². The summed E-state index contributed by atoms with van der Waals surface area (Å²) in [6.07, 6.45) is 0.856. The number of aliphatic imine (C=N–C) groups is 1. The van der Waals surface area contributed by atoms with E-state index in [1.165, 1.54) is 4.90 Å². The number of amides is 3. The largest absolute Gasteiger partial charge is 0.343 e. The number of hydrogen-bond donors (Lipinski definition) is 0. The fourth-order valence-corrected chi connectivity index (χ4v) is 2.01. The molecule has 5 heteroatoms. The Morgan fingerprint density at radius 2 is 2.00 bits per heavy atom. The van der Waals surface area contributed by atoms with E-state index in [-0.39, 0.29) is 11.6 Å². The van der Waals surface area contributed by atoms with E-state index in [2.05, 4.69) is 4.99 Å². The molecule has 100 valence electrons. The quantitative estimate of drug-likeness (QED) is 0.814. The van der Waals surface area contributed by atoms with Crippen LogP contribution >= 0.6 is 0 Å².